The van der Waals surface area contributed by atoms with Gasteiger partial charge in [-0.2, -0.15) is 0 Å². The molecule has 0 amide bonds. The van der Waals surface area contributed by atoms with Crippen molar-refractivity contribution in [2.24, 2.45) is 0 Å². The Hall–Kier alpha value is -4.28. The van der Waals surface area contributed by atoms with Crippen molar-refractivity contribution in [1.82, 2.24) is 15.0 Å². The van der Waals surface area contributed by atoms with Crippen molar-refractivity contribution in [1.29, 1.82) is 0 Å². The first kappa shape index (κ1) is 21.0. The van der Waals surface area contributed by atoms with Crippen LogP contribution in [0.4, 0.5) is 0 Å². The number of allylic oxidation sites excluding steroid dienone is 2. The van der Waals surface area contributed by atoms with E-state index in [1.54, 1.807) is 0 Å². The molecular weight excluding hydrogens is 466 g/mol. The maximum atomic E-state index is 6.25. The van der Waals surface area contributed by atoms with Crippen LogP contribution in [0.2, 0.25) is 5.02 Å². The molecular formula is C31H20ClN3O. The highest BCUT2D eigenvalue weighted by atomic mass is 35.5. The first-order valence-electron chi connectivity index (χ1n) is 11.9. The summed E-state index contributed by atoms with van der Waals surface area (Å²) in [4.78, 5) is 14.9. The minimum absolute atomic E-state index is 0.0160. The number of halogens is 1. The van der Waals surface area contributed by atoms with Gasteiger partial charge in [-0.15, -0.1) is 0 Å². The van der Waals surface area contributed by atoms with E-state index in [0.717, 1.165) is 33.4 Å². The van der Waals surface area contributed by atoms with Gasteiger partial charge < -0.3 is 4.74 Å². The summed E-state index contributed by atoms with van der Waals surface area (Å²) >= 11 is 6.25. The standard InChI is InChI=1S/C31H20ClN3O/c32-23-15-16-24-27(18-23)36-26-12-6-11-25(28(24)26)31-34-29(20-8-2-1-3-9-20)33-30(35-31)22-14-13-19-7-4-5-10-21(19)17-22/h1-18,26,28H. The van der Waals surface area contributed by atoms with Gasteiger partial charge in [-0.05, 0) is 35.0 Å². The number of nitrogens with zero attached hydrogens (tertiary/aromatic N) is 3. The number of fused-ring (bicyclic) bond motifs is 4. The van der Waals surface area contributed by atoms with E-state index >= 15 is 0 Å². The van der Waals surface area contributed by atoms with Gasteiger partial charge in [0.25, 0.3) is 0 Å². The maximum Gasteiger partial charge on any atom is 0.164 e. The van der Waals surface area contributed by atoms with Crippen molar-refractivity contribution in [3.05, 3.63) is 126 Å². The summed E-state index contributed by atoms with van der Waals surface area (Å²) in [6, 6.07) is 30.5. The highest BCUT2D eigenvalue weighted by Gasteiger charge is 2.38. The molecule has 2 unspecified atom stereocenters. The third kappa shape index (κ3) is 3.58. The highest BCUT2D eigenvalue weighted by Crippen LogP contribution is 2.48. The Labute approximate surface area is 213 Å². The Morgan fingerprint density at radius 2 is 1.42 bits per heavy atom. The van der Waals surface area contributed by atoms with E-state index in [2.05, 4.69) is 42.5 Å². The lowest BCUT2D eigenvalue weighted by atomic mass is 9.84. The fraction of sp³-hybridized carbons (Fsp3) is 0.0645. The van der Waals surface area contributed by atoms with E-state index in [4.69, 9.17) is 31.3 Å². The molecule has 2 aliphatic rings. The second kappa shape index (κ2) is 8.43. The zero-order chi connectivity index (χ0) is 24.1. The van der Waals surface area contributed by atoms with E-state index in [1.165, 1.54) is 5.39 Å². The van der Waals surface area contributed by atoms with Crippen LogP contribution in [0.5, 0.6) is 5.75 Å². The van der Waals surface area contributed by atoms with Crippen LogP contribution in [0, 0.1) is 0 Å². The summed E-state index contributed by atoms with van der Waals surface area (Å²) in [7, 11) is 0. The smallest absolute Gasteiger partial charge is 0.164 e. The molecule has 172 valence electrons. The molecule has 36 heavy (non-hydrogen) atoms. The molecule has 2 atom stereocenters. The lowest BCUT2D eigenvalue weighted by molar-refractivity contribution is 0.271. The summed E-state index contributed by atoms with van der Waals surface area (Å²) in [6.45, 7) is 0. The predicted molar refractivity (Wildman–Crippen MR) is 144 cm³/mol. The van der Waals surface area contributed by atoms with Gasteiger partial charge in [-0.3, -0.25) is 0 Å². The van der Waals surface area contributed by atoms with Gasteiger partial charge in [-0.25, -0.2) is 15.0 Å². The maximum absolute atomic E-state index is 6.25. The Kier molecular flexibility index (Phi) is 4.93. The first-order valence-corrected chi connectivity index (χ1v) is 12.3. The van der Waals surface area contributed by atoms with E-state index in [9.17, 15) is 0 Å². The molecule has 0 spiro atoms. The molecule has 1 aliphatic carbocycles. The lowest BCUT2D eigenvalue weighted by Crippen LogP contribution is -2.20. The number of rotatable bonds is 3. The average molecular weight is 486 g/mol. The third-order valence-electron chi connectivity index (χ3n) is 6.75. The van der Waals surface area contributed by atoms with Crippen molar-refractivity contribution in [2.45, 2.75) is 12.0 Å². The van der Waals surface area contributed by atoms with Crippen molar-refractivity contribution in [3.63, 3.8) is 0 Å². The SMILES string of the molecule is Clc1ccc2c(c1)OC1C=CC=C(c3nc(-c4ccccc4)nc(-c4ccc5ccccc5c4)n3)C21. The molecule has 0 fully saturated rings. The largest absolute Gasteiger partial charge is 0.485 e. The van der Waals surface area contributed by atoms with Crippen molar-refractivity contribution in [2.75, 3.05) is 0 Å². The molecule has 5 aromatic rings. The Bertz CT molecular complexity index is 1690. The molecule has 4 aromatic carbocycles. The average Bonchev–Trinajstić information content (AvgIpc) is 3.30. The van der Waals surface area contributed by atoms with Gasteiger partial charge in [-0.1, -0.05) is 96.5 Å². The Balaban J connectivity index is 1.41. The fourth-order valence-corrected chi connectivity index (χ4v) is 5.18. The van der Waals surface area contributed by atoms with Crippen LogP contribution in [0.1, 0.15) is 17.3 Å². The molecule has 0 saturated heterocycles. The highest BCUT2D eigenvalue weighted by molar-refractivity contribution is 6.30. The molecule has 0 saturated carbocycles. The van der Waals surface area contributed by atoms with Gasteiger partial charge in [0, 0.05) is 27.3 Å². The normalized spacial score (nSPS) is 17.9. The number of aromatic nitrogens is 3. The minimum Gasteiger partial charge on any atom is -0.485 e. The van der Waals surface area contributed by atoms with E-state index in [0.29, 0.717) is 22.5 Å². The third-order valence-corrected chi connectivity index (χ3v) is 6.98. The summed E-state index contributed by atoms with van der Waals surface area (Å²) in [6.07, 6.45) is 6.05. The van der Waals surface area contributed by atoms with Gasteiger partial charge in [0.05, 0.1) is 5.92 Å². The number of ether oxygens (including phenoxy) is 1. The molecule has 0 bridgehead atoms. The Morgan fingerprint density at radius 3 is 2.28 bits per heavy atom. The van der Waals surface area contributed by atoms with Crippen LogP contribution in [0.15, 0.2) is 109 Å². The van der Waals surface area contributed by atoms with Gasteiger partial charge in [0.1, 0.15) is 11.9 Å². The number of hydrogen-bond acceptors (Lipinski definition) is 4. The molecule has 0 radical (unpaired) electrons. The summed E-state index contributed by atoms with van der Waals surface area (Å²) in [5.74, 6) is 2.73. The summed E-state index contributed by atoms with van der Waals surface area (Å²) in [5.41, 5.74) is 3.99. The zero-order valence-electron chi connectivity index (χ0n) is 19.2. The van der Waals surface area contributed by atoms with Crippen LogP contribution in [-0.2, 0) is 0 Å². The minimum atomic E-state index is -0.125. The number of hydrogen-bond donors (Lipinski definition) is 0. The fourth-order valence-electron chi connectivity index (χ4n) is 5.02. The van der Waals surface area contributed by atoms with Crippen molar-refractivity contribution in [3.8, 4) is 28.5 Å². The van der Waals surface area contributed by atoms with Gasteiger partial charge >= 0.3 is 0 Å². The van der Waals surface area contributed by atoms with Crippen LogP contribution in [0.3, 0.4) is 0 Å². The van der Waals surface area contributed by atoms with E-state index in [1.807, 2.05) is 66.7 Å². The van der Waals surface area contributed by atoms with Crippen LogP contribution >= 0.6 is 11.6 Å². The van der Waals surface area contributed by atoms with E-state index < -0.39 is 0 Å². The molecule has 4 nitrogen and oxygen atoms in total. The predicted octanol–water partition coefficient (Wildman–Crippen LogP) is 7.51. The van der Waals surface area contributed by atoms with Crippen LogP contribution < -0.4 is 4.74 Å². The second-order valence-electron chi connectivity index (χ2n) is 8.98. The van der Waals surface area contributed by atoms with Gasteiger partial charge in [0.15, 0.2) is 17.5 Å². The van der Waals surface area contributed by atoms with Crippen molar-refractivity contribution < 1.29 is 4.74 Å². The van der Waals surface area contributed by atoms with Gasteiger partial charge in [0.2, 0.25) is 0 Å². The summed E-state index contributed by atoms with van der Waals surface area (Å²) < 4.78 is 6.24. The quantitative estimate of drug-likeness (QED) is 0.265. The van der Waals surface area contributed by atoms with Crippen molar-refractivity contribution >= 4 is 27.9 Å². The monoisotopic (exact) mass is 485 g/mol. The molecule has 5 heteroatoms. The summed E-state index contributed by atoms with van der Waals surface area (Å²) in [5, 5.41) is 2.99. The topological polar surface area (TPSA) is 47.9 Å². The first-order chi connectivity index (χ1) is 17.7. The molecule has 2 heterocycles. The second-order valence-corrected chi connectivity index (χ2v) is 9.42. The van der Waals surface area contributed by atoms with Crippen LogP contribution in [0.25, 0.3) is 39.1 Å². The lowest BCUT2D eigenvalue weighted by Gasteiger charge is -2.22. The molecule has 7 rings (SSSR count). The molecule has 1 aliphatic heterocycles. The molecule has 0 N–H and O–H groups in total. The number of benzene rings is 4. The Morgan fingerprint density at radius 1 is 0.667 bits per heavy atom. The van der Waals surface area contributed by atoms with Crippen LogP contribution in [-0.4, -0.2) is 21.1 Å². The molecule has 1 aromatic heterocycles. The zero-order valence-corrected chi connectivity index (χ0v) is 19.9. The van der Waals surface area contributed by atoms with E-state index in [-0.39, 0.29) is 12.0 Å².